The summed E-state index contributed by atoms with van der Waals surface area (Å²) in [5.74, 6) is -0.293. The minimum absolute atomic E-state index is 0.0115. The first-order chi connectivity index (χ1) is 9.19. The third-order valence-electron chi connectivity index (χ3n) is 2.51. The molecule has 1 aromatic carbocycles. The molecule has 1 rings (SSSR count). The zero-order valence-corrected chi connectivity index (χ0v) is 11.1. The highest BCUT2D eigenvalue weighted by atomic mass is 16.6. The monoisotopic (exact) mass is 268 g/mol. The molecule has 106 valence electrons. The first-order valence-electron chi connectivity index (χ1n) is 6.45. The van der Waals surface area contributed by atoms with Crippen LogP contribution in [0.15, 0.2) is 18.2 Å². The summed E-state index contributed by atoms with van der Waals surface area (Å²) in [6, 6.07) is 4.57. The van der Waals surface area contributed by atoms with E-state index < -0.39 is 5.97 Å². The molecule has 0 radical (unpaired) electrons. The van der Waals surface area contributed by atoms with E-state index in [1.54, 1.807) is 12.1 Å². The van der Waals surface area contributed by atoms with Gasteiger partial charge in [-0.1, -0.05) is 25.8 Å². The molecule has 0 atom stereocenters. The van der Waals surface area contributed by atoms with E-state index in [1.165, 1.54) is 6.07 Å². The van der Waals surface area contributed by atoms with Crippen molar-refractivity contribution in [2.75, 3.05) is 13.2 Å². The summed E-state index contributed by atoms with van der Waals surface area (Å²) >= 11 is 0. The number of benzene rings is 1. The van der Waals surface area contributed by atoms with Crippen molar-refractivity contribution in [1.29, 1.82) is 0 Å². The van der Waals surface area contributed by atoms with Gasteiger partial charge in [0.05, 0.1) is 6.61 Å². The second-order valence-electron chi connectivity index (χ2n) is 4.11. The van der Waals surface area contributed by atoms with Crippen molar-refractivity contribution in [1.82, 2.24) is 0 Å². The average Bonchev–Trinajstić information content (AvgIpc) is 2.40. The summed E-state index contributed by atoms with van der Waals surface area (Å²) < 4.78 is 10.3. The molecule has 0 saturated carbocycles. The summed E-state index contributed by atoms with van der Waals surface area (Å²) in [6.07, 6.45) is 3.05. The van der Waals surface area contributed by atoms with E-state index in [4.69, 9.17) is 14.6 Å². The maximum Gasteiger partial charge on any atom is 0.311 e. The molecule has 0 heterocycles. The molecule has 0 aliphatic carbocycles. The van der Waals surface area contributed by atoms with Crippen LogP contribution in [0.25, 0.3) is 0 Å². The van der Waals surface area contributed by atoms with Gasteiger partial charge in [0.1, 0.15) is 6.61 Å². The highest BCUT2D eigenvalue weighted by Gasteiger charge is 2.14. The van der Waals surface area contributed by atoms with Crippen LogP contribution in [-0.2, 0) is 4.79 Å². The maximum absolute atomic E-state index is 11.6. The highest BCUT2D eigenvalue weighted by Crippen LogP contribution is 2.36. The summed E-state index contributed by atoms with van der Waals surface area (Å²) in [5, 5.41) is 18.4. The largest absolute Gasteiger partial charge is 0.504 e. The molecule has 0 saturated heterocycles. The highest BCUT2D eigenvalue weighted by molar-refractivity contribution is 5.74. The van der Waals surface area contributed by atoms with Crippen LogP contribution in [0.3, 0.4) is 0 Å². The first-order valence-corrected chi connectivity index (χ1v) is 6.45. The summed E-state index contributed by atoms with van der Waals surface area (Å²) in [5.41, 5.74) is 0. The fourth-order valence-electron chi connectivity index (χ4n) is 1.56. The van der Waals surface area contributed by atoms with Crippen LogP contribution in [0, 0.1) is 0 Å². The van der Waals surface area contributed by atoms with Crippen LogP contribution in [0.5, 0.6) is 17.2 Å². The Morgan fingerprint density at radius 1 is 1.32 bits per heavy atom. The van der Waals surface area contributed by atoms with Gasteiger partial charge in [-0.3, -0.25) is 4.79 Å². The maximum atomic E-state index is 11.6. The number of carbonyl (C=O) groups excluding carboxylic acids is 1. The Kier molecular flexibility index (Phi) is 6.74. The van der Waals surface area contributed by atoms with Gasteiger partial charge >= 0.3 is 5.97 Å². The van der Waals surface area contributed by atoms with Crippen LogP contribution in [0.4, 0.5) is 0 Å². The van der Waals surface area contributed by atoms with E-state index in [0.717, 1.165) is 19.3 Å². The Morgan fingerprint density at radius 3 is 2.79 bits per heavy atom. The van der Waals surface area contributed by atoms with Crippen LogP contribution in [0.1, 0.15) is 32.6 Å². The Hall–Kier alpha value is -1.75. The smallest absolute Gasteiger partial charge is 0.311 e. The number of hydrogen-bond donors (Lipinski definition) is 2. The summed E-state index contributed by atoms with van der Waals surface area (Å²) in [4.78, 5) is 11.6. The molecule has 19 heavy (non-hydrogen) atoms. The number of phenols is 1. The number of unbranched alkanes of at least 4 members (excludes halogenated alkanes) is 2. The zero-order valence-electron chi connectivity index (χ0n) is 11.1. The third-order valence-corrected chi connectivity index (χ3v) is 2.51. The van der Waals surface area contributed by atoms with E-state index in [2.05, 4.69) is 6.92 Å². The minimum atomic E-state index is -0.399. The molecular weight excluding hydrogens is 248 g/mol. The lowest BCUT2D eigenvalue weighted by Crippen LogP contribution is -2.10. The van der Waals surface area contributed by atoms with Gasteiger partial charge in [-0.25, -0.2) is 0 Å². The quantitative estimate of drug-likeness (QED) is 0.429. The van der Waals surface area contributed by atoms with Gasteiger partial charge in [0.15, 0.2) is 11.5 Å². The molecule has 0 amide bonds. The second-order valence-corrected chi connectivity index (χ2v) is 4.11. The van der Waals surface area contributed by atoms with E-state index in [9.17, 15) is 9.90 Å². The number of esters is 1. The van der Waals surface area contributed by atoms with Gasteiger partial charge in [0.2, 0.25) is 5.75 Å². The van der Waals surface area contributed by atoms with Crippen molar-refractivity contribution >= 4 is 5.97 Å². The Balaban J connectivity index is 2.67. The van der Waals surface area contributed by atoms with Crippen molar-refractivity contribution < 1.29 is 24.5 Å². The van der Waals surface area contributed by atoms with Crippen molar-refractivity contribution in [3.8, 4) is 17.2 Å². The van der Waals surface area contributed by atoms with Crippen LogP contribution >= 0.6 is 0 Å². The normalized spacial score (nSPS) is 10.2. The molecule has 1 aromatic rings. The molecular formula is C14H20O5. The lowest BCUT2D eigenvalue weighted by Gasteiger charge is -2.12. The summed E-state index contributed by atoms with van der Waals surface area (Å²) in [6.45, 7) is 1.97. The second kappa shape index (κ2) is 8.37. The molecule has 0 bridgehead atoms. The van der Waals surface area contributed by atoms with E-state index in [0.29, 0.717) is 6.42 Å². The lowest BCUT2D eigenvalue weighted by atomic mass is 10.2. The molecule has 0 aliphatic rings. The number of hydrogen-bond acceptors (Lipinski definition) is 5. The Labute approximate surface area is 112 Å². The predicted molar refractivity (Wildman–Crippen MR) is 70.5 cm³/mol. The van der Waals surface area contributed by atoms with Gasteiger partial charge in [-0.15, -0.1) is 0 Å². The van der Waals surface area contributed by atoms with Crippen LogP contribution in [-0.4, -0.2) is 29.4 Å². The van der Waals surface area contributed by atoms with Gasteiger partial charge in [-0.2, -0.15) is 0 Å². The standard InChI is InChI=1S/C14H20O5/c1-2-3-4-8-13(17)19-14-11(16)6-5-7-12(14)18-10-9-15/h5-7,15-16H,2-4,8-10H2,1H3. The number of phenolic OH excluding ortho intramolecular Hbond substituents is 1. The zero-order chi connectivity index (χ0) is 14.1. The van der Waals surface area contributed by atoms with Crippen molar-refractivity contribution in [3.05, 3.63) is 18.2 Å². The molecule has 5 nitrogen and oxygen atoms in total. The number of aliphatic hydroxyl groups excluding tert-OH is 1. The molecule has 0 unspecified atom stereocenters. The van der Waals surface area contributed by atoms with Crippen LogP contribution in [0.2, 0.25) is 0 Å². The predicted octanol–water partition coefficient (Wildman–Crippen LogP) is 2.25. The number of rotatable bonds is 8. The summed E-state index contributed by atoms with van der Waals surface area (Å²) in [7, 11) is 0. The third kappa shape index (κ3) is 5.18. The van der Waals surface area contributed by atoms with E-state index in [-0.39, 0.29) is 30.5 Å². The van der Waals surface area contributed by atoms with Crippen molar-refractivity contribution in [2.45, 2.75) is 32.6 Å². The van der Waals surface area contributed by atoms with E-state index >= 15 is 0 Å². The molecule has 0 fully saturated rings. The number of aromatic hydroxyl groups is 1. The topological polar surface area (TPSA) is 76.0 Å². The van der Waals surface area contributed by atoms with Gasteiger partial charge in [0, 0.05) is 6.42 Å². The molecule has 0 aromatic heterocycles. The molecule has 0 aliphatic heterocycles. The van der Waals surface area contributed by atoms with Crippen molar-refractivity contribution in [3.63, 3.8) is 0 Å². The minimum Gasteiger partial charge on any atom is -0.504 e. The number of aliphatic hydroxyl groups is 1. The molecule has 0 spiro atoms. The fourth-order valence-corrected chi connectivity index (χ4v) is 1.56. The van der Waals surface area contributed by atoms with Gasteiger partial charge in [-0.05, 0) is 18.6 Å². The number of ether oxygens (including phenoxy) is 2. The van der Waals surface area contributed by atoms with Gasteiger partial charge in [0.25, 0.3) is 0 Å². The van der Waals surface area contributed by atoms with Gasteiger partial charge < -0.3 is 19.7 Å². The first kappa shape index (κ1) is 15.3. The SMILES string of the molecule is CCCCCC(=O)Oc1c(O)cccc1OCCO. The number of para-hydroxylation sites is 1. The Bertz CT molecular complexity index is 403. The van der Waals surface area contributed by atoms with Crippen LogP contribution < -0.4 is 9.47 Å². The Morgan fingerprint density at radius 2 is 2.11 bits per heavy atom. The average molecular weight is 268 g/mol. The van der Waals surface area contributed by atoms with Crippen molar-refractivity contribution in [2.24, 2.45) is 0 Å². The van der Waals surface area contributed by atoms with E-state index in [1.807, 2.05) is 0 Å². The molecule has 5 heteroatoms. The fraction of sp³-hybridized carbons (Fsp3) is 0.500. The number of carbonyl (C=O) groups is 1. The lowest BCUT2D eigenvalue weighted by molar-refractivity contribution is -0.134. The molecule has 2 N–H and O–H groups in total.